The van der Waals surface area contributed by atoms with Crippen molar-refractivity contribution in [1.82, 2.24) is 4.72 Å². The number of benzene rings is 1. The summed E-state index contributed by atoms with van der Waals surface area (Å²) in [6, 6.07) is 4.33. The smallest absolute Gasteiger partial charge is 0.268 e. The number of anilines is 1. The van der Waals surface area contributed by atoms with Crippen LogP contribution in [0.3, 0.4) is 0 Å². The van der Waals surface area contributed by atoms with Gasteiger partial charge in [-0.1, -0.05) is 0 Å². The van der Waals surface area contributed by atoms with Crippen molar-refractivity contribution < 1.29 is 17.9 Å². The third-order valence-electron chi connectivity index (χ3n) is 2.69. The van der Waals surface area contributed by atoms with Gasteiger partial charge in [-0.2, -0.15) is 0 Å². The lowest BCUT2D eigenvalue weighted by Crippen LogP contribution is -2.45. The highest BCUT2D eigenvalue weighted by Gasteiger charge is 2.35. The average Bonchev–Trinajstić information content (AvgIpc) is 2.29. The van der Waals surface area contributed by atoms with Crippen molar-refractivity contribution in [2.24, 2.45) is 0 Å². The van der Waals surface area contributed by atoms with Crippen molar-refractivity contribution in [1.29, 1.82) is 0 Å². The minimum atomic E-state index is -3.53. The Balaban J connectivity index is 2.48. The van der Waals surface area contributed by atoms with E-state index in [2.05, 4.69) is 10.0 Å². The van der Waals surface area contributed by atoms with Gasteiger partial charge in [-0.25, -0.2) is 13.1 Å². The van der Waals surface area contributed by atoms with E-state index in [9.17, 15) is 13.2 Å². The standard InChI is InChI=1S/C11H14N2O4S/c1-11(2)10(14)13-8-6-7(18(15,16)12-3)4-5-9(8)17-11/h4-6,12H,1-3H3,(H,13,14). The minimum Gasteiger partial charge on any atom is -0.476 e. The summed E-state index contributed by atoms with van der Waals surface area (Å²) in [5.74, 6) is 0.142. The molecule has 7 heteroatoms. The van der Waals surface area contributed by atoms with Gasteiger partial charge in [-0.05, 0) is 39.1 Å². The van der Waals surface area contributed by atoms with E-state index in [0.717, 1.165) is 0 Å². The maximum atomic E-state index is 11.7. The predicted molar refractivity (Wildman–Crippen MR) is 66.0 cm³/mol. The highest BCUT2D eigenvalue weighted by Crippen LogP contribution is 2.34. The summed E-state index contributed by atoms with van der Waals surface area (Å²) in [4.78, 5) is 11.8. The van der Waals surface area contributed by atoms with E-state index >= 15 is 0 Å². The van der Waals surface area contributed by atoms with Gasteiger partial charge in [0, 0.05) is 0 Å². The summed E-state index contributed by atoms with van der Waals surface area (Å²) in [7, 11) is -2.21. The number of rotatable bonds is 2. The van der Waals surface area contributed by atoms with Gasteiger partial charge < -0.3 is 10.1 Å². The van der Waals surface area contributed by atoms with E-state index in [-0.39, 0.29) is 10.8 Å². The molecule has 1 aliphatic rings. The molecule has 0 fully saturated rings. The van der Waals surface area contributed by atoms with Crippen LogP contribution in [0.4, 0.5) is 5.69 Å². The van der Waals surface area contributed by atoms with Gasteiger partial charge in [-0.15, -0.1) is 0 Å². The van der Waals surface area contributed by atoms with Gasteiger partial charge in [0.2, 0.25) is 10.0 Å². The fraction of sp³-hybridized carbons (Fsp3) is 0.364. The zero-order valence-corrected chi connectivity index (χ0v) is 11.1. The first kappa shape index (κ1) is 12.8. The zero-order chi connectivity index (χ0) is 13.6. The highest BCUT2D eigenvalue weighted by molar-refractivity contribution is 7.89. The fourth-order valence-electron chi connectivity index (χ4n) is 1.57. The molecule has 0 aromatic heterocycles. The Morgan fingerprint density at radius 2 is 2.00 bits per heavy atom. The Morgan fingerprint density at radius 3 is 2.61 bits per heavy atom. The molecule has 6 nitrogen and oxygen atoms in total. The molecule has 0 aliphatic carbocycles. The lowest BCUT2D eigenvalue weighted by molar-refractivity contribution is -0.129. The van der Waals surface area contributed by atoms with Crippen molar-refractivity contribution in [2.45, 2.75) is 24.3 Å². The maximum Gasteiger partial charge on any atom is 0.268 e. The molecule has 0 saturated carbocycles. The van der Waals surface area contributed by atoms with Gasteiger partial charge in [0.25, 0.3) is 5.91 Å². The predicted octanol–water partition coefficient (Wildman–Crippen LogP) is 0.704. The second-order valence-electron chi connectivity index (χ2n) is 4.43. The lowest BCUT2D eigenvalue weighted by atomic mass is 10.1. The molecule has 0 unspecified atom stereocenters. The average molecular weight is 270 g/mol. The largest absolute Gasteiger partial charge is 0.476 e. The topological polar surface area (TPSA) is 84.5 Å². The van der Waals surface area contributed by atoms with Gasteiger partial charge in [-0.3, -0.25) is 4.79 Å². The van der Waals surface area contributed by atoms with Crippen LogP contribution in [0.1, 0.15) is 13.8 Å². The number of fused-ring (bicyclic) bond motifs is 1. The number of carbonyl (C=O) groups excluding carboxylic acids is 1. The van der Waals surface area contributed by atoms with Crippen LogP contribution >= 0.6 is 0 Å². The Bertz CT molecular complexity index is 607. The Labute approximate surface area is 105 Å². The molecule has 0 radical (unpaired) electrons. The number of hydrogen-bond donors (Lipinski definition) is 2. The fourth-order valence-corrected chi connectivity index (χ4v) is 2.33. The van der Waals surface area contributed by atoms with Crippen molar-refractivity contribution in [3.63, 3.8) is 0 Å². The zero-order valence-electron chi connectivity index (χ0n) is 10.3. The number of carbonyl (C=O) groups is 1. The number of nitrogens with one attached hydrogen (secondary N) is 2. The minimum absolute atomic E-state index is 0.0763. The summed E-state index contributed by atoms with van der Waals surface area (Å²) >= 11 is 0. The number of hydrogen-bond acceptors (Lipinski definition) is 4. The molecule has 1 aliphatic heterocycles. The number of ether oxygens (including phenoxy) is 1. The molecular weight excluding hydrogens is 256 g/mol. The molecule has 0 saturated heterocycles. The molecule has 2 N–H and O–H groups in total. The van der Waals surface area contributed by atoms with Gasteiger partial charge in [0.15, 0.2) is 5.60 Å². The highest BCUT2D eigenvalue weighted by atomic mass is 32.2. The van der Waals surface area contributed by atoms with Crippen molar-refractivity contribution in [3.8, 4) is 5.75 Å². The molecule has 0 bridgehead atoms. The van der Waals surface area contributed by atoms with E-state index in [1.54, 1.807) is 13.8 Å². The molecule has 98 valence electrons. The number of sulfonamides is 1. The molecular formula is C11H14N2O4S. The summed E-state index contributed by atoms with van der Waals surface area (Å²) in [6.07, 6.45) is 0. The quantitative estimate of drug-likeness (QED) is 0.828. The van der Waals surface area contributed by atoms with Crippen LogP contribution in [-0.2, 0) is 14.8 Å². The summed E-state index contributed by atoms with van der Waals surface area (Å²) in [6.45, 7) is 3.28. The summed E-state index contributed by atoms with van der Waals surface area (Å²) < 4.78 is 31.0. The molecule has 1 heterocycles. The van der Waals surface area contributed by atoms with E-state index in [0.29, 0.717) is 11.4 Å². The summed E-state index contributed by atoms with van der Waals surface area (Å²) in [5, 5.41) is 2.63. The third kappa shape index (κ3) is 2.06. The second-order valence-corrected chi connectivity index (χ2v) is 6.32. The molecule has 1 amide bonds. The van der Waals surface area contributed by atoms with Crippen LogP contribution in [0, 0.1) is 0 Å². The second kappa shape index (κ2) is 3.96. The van der Waals surface area contributed by atoms with Crippen LogP contribution in [-0.4, -0.2) is 27.0 Å². The first-order valence-corrected chi connectivity index (χ1v) is 6.83. The van der Waals surface area contributed by atoms with Crippen LogP contribution < -0.4 is 14.8 Å². The van der Waals surface area contributed by atoms with Crippen LogP contribution in [0.15, 0.2) is 23.1 Å². The Morgan fingerprint density at radius 1 is 1.33 bits per heavy atom. The SMILES string of the molecule is CNS(=O)(=O)c1ccc2c(c1)NC(=O)C(C)(C)O2. The molecule has 1 aromatic carbocycles. The van der Waals surface area contributed by atoms with Crippen molar-refractivity contribution in [2.75, 3.05) is 12.4 Å². The van der Waals surface area contributed by atoms with Crippen molar-refractivity contribution in [3.05, 3.63) is 18.2 Å². The monoisotopic (exact) mass is 270 g/mol. The van der Waals surface area contributed by atoms with Crippen LogP contribution in [0.25, 0.3) is 0 Å². The van der Waals surface area contributed by atoms with E-state index in [1.807, 2.05) is 0 Å². The van der Waals surface area contributed by atoms with E-state index in [1.165, 1.54) is 25.2 Å². The molecule has 0 spiro atoms. The summed E-state index contributed by atoms with van der Waals surface area (Å²) in [5.41, 5.74) is -0.605. The number of amides is 1. The maximum absolute atomic E-state index is 11.7. The van der Waals surface area contributed by atoms with Crippen molar-refractivity contribution >= 4 is 21.6 Å². The van der Waals surface area contributed by atoms with E-state index < -0.39 is 15.6 Å². The molecule has 0 atom stereocenters. The Hall–Kier alpha value is -1.60. The molecule has 1 aromatic rings. The van der Waals surface area contributed by atoms with Gasteiger partial charge >= 0.3 is 0 Å². The normalized spacial score (nSPS) is 17.6. The van der Waals surface area contributed by atoms with Crippen LogP contribution in [0.5, 0.6) is 5.75 Å². The van der Waals surface area contributed by atoms with Gasteiger partial charge in [0.1, 0.15) is 5.75 Å². The van der Waals surface area contributed by atoms with Crippen LogP contribution in [0.2, 0.25) is 0 Å². The van der Waals surface area contributed by atoms with Gasteiger partial charge in [0.05, 0.1) is 10.6 Å². The first-order valence-electron chi connectivity index (χ1n) is 5.34. The Kier molecular flexibility index (Phi) is 2.83. The lowest BCUT2D eigenvalue weighted by Gasteiger charge is -2.31. The molecule has 18 heavy (non-hydrogen) atoms. The first-order chi connectivity index (χ1) is 8.26. The van der Waals surface area contributed by atoms with E-state index in [4.69, 9.17) is 4.74 Å². The third-order valence-corrected chi connectivity index (χ3v) is 4.10. The molecule has 2 rings (SSSR count).